The number of aliphatic hydroxyl groups excluding tert-OH is 1. The molecule has 4 nitrogen and oxygen atoms in total. The molecule has 0 radical (unpaired) electrons. The summed E-state index contributed by atoms with van der Waals surface area (Å²) in [5.74, 6) is 0.671. The number of aliphatic hydroxyl groups is 1. The van der Waals surface area contributed by atoms with Gasteiger partial charge in [-0.05, 0) is 56.6 Å². The van der Waals surface area contributed by atoms with Crippen molar-refractivity contribution in [3.63, 3.8) is 0 Å². The number of aromatic nitrogens is 1. The second-order valence-corrected chi connectivity index (χ2v) is 6.90. The predicted molar refractivity (Wildman–Crippen MR) is 92.7 cm³/mol. The Balaban J connectivity index is 1.88. The fourth-order valence-electron chi connectivity index (χ4n) is 3.58. The maximum atomic E-state index is 12.6. The van der Waals surface area contributed by atoms with E-state index in [1.807, 2.05) is 19.1 Å². The summed E-state index contributed by atoms with van der Waals surface area (Å²) in [7, 11) is 0. The molecule has 1 heterocycles. The van der Waals surface area contributed by atoms with Crippen LogP contribution >= 0.6 is 0 Å². The standard InChI is InChI=1S/C19H26N2O2/c1-12-8-9-17-16(11-12)14-6-3-7-15(18(14)21-17)19(23)20-13(2)5-4-10-22/h3,6-7,12-13,21-22H,4-5,8-11H2,1-2H3,(H,20,23)/t12-,13-/m0/s1. The predicted octanol–water partition coefficient (Wildman–Crippen LogP) is 3.18. The van der Waals surface area contributed by atoms with E-state index in [0.29, 0.717) is 12.3 Å². The summed E-state index contributed by atoms with van der Waals surface area (Å²) in [6.07, 6.45) is 4.86. The average Bonchev–Trinajstić information content (AvgIpc) is 2.90. The highest BCUT2D eigenvalue weighted by molar-refractivity contribution is 6.06. The highest BCUT2D eigenvalue weighted by Gasteiger charge is 2.22. The van der Waals surface area contributed by atoms with E-state index in [9.17, 15) is 4.79 Å². The van der Waals surface area contributed by atoms with Crippen molar-refractivity contribution in [2.45, 2.75) is 52.0 Å². The van der Waals surface area contributed by atoms with Gasteiger partial charge in [-0.1, -0.05) is 19.1 Å². The number of aryl methyl sites for hydroxylation is 1. The summed E-state index contributed by atoms with van der Waals surface area (Å²) in [5.41, 5.74) is 4.38. The smallest absolute Gasteiger partial charge is 0.253 e. The minimum atomic E-state index is -0.0346. The van der Waals surface area contributed by atoms with Crippen LogP contribution in [-0.4, -0.2) is 28.6 Å². The van der Waals surface area contributed by atoms with Crippen LogP contribution in [0.5, 0.6) is 0 Å². The van der Waals surface area contributed by atoms with Crippen LogP contribution in [0.25, 0.3) is 10.9 Å². The van der Waals surface area contributed by atoms with Crippen molar-refractivity contribution >= 4 is 16.8 Å². The Bertz CT molecular complexity index is 705. The van der Waals surface area contributed by atoms with Crippen LogP contribution in [0.4, 0.5) is 0 Å². The lowest BCUT2D eigenvalue weighted by Crippen LogP contribution is -2.32. The summed E-state index contributed by atoms with van der Waals surface area (Å²) >= 11 is 0. The second-order valence-electron chi connectivity index (χ2n) is 6.90. The van der Waals surface area contributed by atoms with E-state index in [2.05, 4.69) is 23.3 Å². The van der Waals surface area contributed by atoms with Crippen LogP contribution in [0.3, 0.4) is 0 Å². The van der Waals surface area contributed by atoms with E-state index in [-0.39, 0.29) is 18.6 Å². The summed E-state index contributed by atoms with van der Waals surface area (Å²) in [4.78, 5) is 16.1. The molecule has 1 aliphatic rings. The van der Waals surface area contributed by atoms with E-state index >= 15 is 0 Å². The van der Waals surface area contributed by atoms with Crippen LogP contribution in [0.15, 0.2) is 18.2 Å². The monoisotopic (exact) mass is 314 g/mol. The first-order valence-corrected chi connectivity index (χ1v) is 8.64. The van der Waals surface area contributed by atoms with E-state index in [0.717, 1.165) is 30.3 Å². The molecular weight excluding hydrogens is 288 g/mol. The van der Waals surface area contributed by atoms with Gasteiger partial charge in [0.15, 0.2) is 0 Å². The van der Waals surface area contributed by atoms with E-state index in [1.165, 1.54) is 23.1 Å². The molecule has 0 saturated heterocycles. The highest BCUT2D eigenvalue weighted by Crippen LogP contribution is 2.32. The number of H-pyrrole nitrogens is 1. The average molecular weight is 314 g/mol. The van der Waals surface area contributed by atoms with Crippen molar-refractivity contribution in [2.24, 2.45) is 5.92 Å². The number of para-hydroxylation sites is 1. The number of amides is 1. The molecule has 0 unspecified atom stereocenters. The Morgan fingerprint density at radius 2 is 2.30 bits per heavy atom. The number of benzene rings is 1. The van der Waals surface area contributed by atoms with Crippen molar-refractivity contribution in [1.82, 2.24) is 10.3 Å². The fraction of sp³-hybridized carbons (Fsp3) is 0.526. The number of hydrogen-bond acceptors (Lipinski definition) is 2. The summed E-state index contributed by atoms with van der Waals surface area (Å²) in [6, 6.07) is 6.05. The molecule has 1 aliphatic carbocycles. The molecule has 0 fully saturated rings. The lowest BCUT2D eigenvalue weighted by molar-refractivity contribution is 0.0938. The van der Waals surface area contributed by atoms with E-state index < -0.39 is 0 Å². The Labute approximate surface area is 137 Å². The Morgan fingerprint density at radius 1 is 1.48 bits per heavy atom. The molecule has 1 aromatic carbocycles. The Hall–Kier alpha value is -1.81. The van der Waals surface area contributed by atoms with Crippen molar-refractivity contribution < 1.29 is 9.90 Å². The minimum Gasteiger partial charge on any atom is -0.396 e. The first-order chi connectivity index (χ1) is 11.1. The van der Waals surface area contributed by atoms with Gasteiger partial charge in [0.1, 0.15) is 0 Å². The van der Waals surface area contributed by atoms with Crippen molar-refractivity contribution in [3.8, 4) is 0 Å². The number of rotatable bonds is 5. The Kier molecular flexibility index (Phi) is 4.71. The minimum absolute atomic E-state index is 0.0346. The molecule has 4 heteroatoms. The zero-order valence-electron chi connectivity index (χ0n) is 14.0. The highest BCUT2D eigenvalue weighted by atomic mass is 16.3. The van der Waals surface area contributed by atoms with Gasteiger partial charge in [-0.25, -0.2) is 0 Å². The van der Waals surface area contributed by atoms with Gasteiger partial charge in [-0.3, -0.25) is 4.79 Å². The van der Waals surface area contributed by atoms with Gasteiger partial charge in [0.05, 0.1) is 11.1 Å². The summed E-state index contributed by atoms with van der Waals surface area (Å²) < 4.78 is 0. The van der Waals surface area contributed by atoms with Crippen LogP contribution < -0.4 is 5.32 Å². The van der Waals surface area contributed by atoms with Crippen LogP contribution in [0.2, 0.25) is 0 Å². The largest absolute Gasteiger partial charge is 0.396 e. The van der Waals surface area contributed by atoms with Crippen molar-refractivity contribution in [1.29, 1.82) is 0 Å². The third kappa shape index (κ3) is 3.27. The van der Waals surface area contributed by atoms with Crippen LogP contribution in [-0.2, 0) is 12.8 Å². The summed E-state index contributed by atoms with van der Waals surface area (Å²) in [5, 5.41) is 13.1. The maximum Gasteiger partial charge on any atom is 0.253 e. The molecule has 124 valence electrons. The molecule has 0 saturated carbocycles. The van der Waals surface area contributed by atoms with E-state index in [1.54, 1.807) is 0 Å². The number of fused-ring (bicyclic) bond motifs is 3. The van der Waals surface area contributed by atoms with Crippen molar-refractivity contribution in [3.05, 3.63) is 35.0 Å². The molecule has 0 spiro atoms. The quantitative estimate of drug-likeness (QED) is 0.793. The molecule has 2 aromatic rings. The topological polar surface area (TPSA) is 65.1 Å². The molecule has 3 N–H and O–H groups in total. The third-order valence-electron chi connectivity index (χ3n) is 4.89. The molecule has 3 rings (SSSR count). The number of nitrogens with one attached hydrogen (secondary N) is 2. The van der Waals surface area contributed by atoms with E-state index in [4.69, 9.17) is 5.11 Å². The fourth-order valence-corrected chi connectivity index (χ4v) is 3.58. The second kappa shape index (κ2) is 6.75. The molecular formula is C19H26N2O2. The molecule has 1 amide bonds. The zero-order chi connectivity index (χ0) is 16.4. The first kappa shape index (κ1) is 16.1. The lowest BCUT2D eigenvalue weighted by Gasteiger charge is -2.18. The number of aromatic amines is 1. The van der Waals surface area contributed by atoms with Gasteiger partial charge in [0, 0.05) is 23.7 Å². The molecule has 1 aromatic heterocycles. The zero-order valence-corrected chi connectivity index (χ0v) is 14.0. The van der Waals surface area contributed by atoms with Crippen LogP contribution in [0, 0.1) is 5.92 Å². The molecule has 0 aliphatic heterocycles. The molecule has 0 bridgehead atoms. The van der Waals surface area contributed by atoms with Gasteiger partial charge < -0.3 is 15.4 Å². The third-order valence-corrected chi connectivity index (χ3v) is 4.89. The van der Waals surface area contributed by atoms with Crippen LogP contribution in [0.1, 0.15) is 54.7 Å². The maximum absolute atomic E-state index is 12.6. The van der Waals surface area contributed by atoms with Crippen molar-refractivity contribution in [2.75, 3.05) is 6.61 Å². The van der Waals surface area contributed by atoms with Gasteiger partial charge in [-0.15, -0.1) is 0 Å². The molecule has 2 atom stereocenters. The number of hydrogen-bond donors (Lipinski definition) is 3. The van der Waals surface area contributed by atoms with Gasteiger partial charge in [-0.2, -0.15) is 0 Å². The van der Waals surface area contributed by atoms with Gasteiger partial charge in [0.25, 0.3) is 5.91 Å². The summed E-state index contributed by atoms with van der Waals surface area (Å²) in [6.45, 7) is 4.44. The number of carbonyl (C=O) groups excluding carboxylic acids is 1. The lowest BCUT2D eigenvalue weighted by atomic mass is 9.87. The van der Waals surface area contributed by atoms with Gasteiger partial charge >= 0.3 is 0 Å². The Morgan fingerprint density at radius 3 is 3.09 bits per heavy atom. The SMILES string of the molecule is C[C@H]1CCc2[nH]c3c(C(=O)N[C@@H](C)CCCO)cccc3c2C1. The normalized spacial score (nSPS) is 18.7. The molecule has 23 heavy (non-hydrogen) atoms. The number of carbonyl (C=O) groups is 1. The first-order valence-electron chi connectivity index (χ1n) is 8.64. The van der Waals surface area contributed by atoms with Gasteiger partial charge in [0.2, 0.25) is 0 Å².